The molecule has 4 rings (SSSR count). The van der Waals surface area contributed by atoms with Crippen LogP contribution in [0.25, 0.3) is 0 Å². The van der Waals surface area contributed by atoms with Crippen molar-refractivity contribution < 1.29 is 13.2 Å². The van der Waals surface area contributed by atoms with E-state index in [1.54, 1.807) is 17.8 Å². The molecule has 0 heterocycles. The fraction of sp³-hybridized carbons (Fsp3) is 0.217. The van der Waals surface area contributed by atoms with Crippen molar-refractivity contribution in [2.75, 3.05) is 0 Å². The monoisotopic (exact) mass is 384 g/mol. The maximum absolute atomic E-state index is 13.0. The van der Waals surface area contributed by atoms with Gasteiger partial charge in [0.2, 0.25) is 0 Å². The van der Waals surface area contributed by atoms with E-state index < -0.39 is 11.7 Å². The number of halogens is 3. The van der Waals surface area contributed by atoms with Crippen molar-refractivity contribution in [2.24, 2.45) is 0 Å². The summed E-state index contributed by atoms with van der Waals surface area (Å²) < 4.78 is 38.9. The summed E-state index contributed by atoms with van der Waals surface area (Å²) in [7, 11) is 0. The fourth-order valence-electron chi connectivity index (χ4n) is 3.63. The molecule has 1 atom stereocenters. The van der Waals surface area contributed by atoms with Crippen LogP contribution in [0.4, 0.5) is 13.2 Å². The molecule has 1 aliphatic carbocycles. The number of fused-ring (bicyclic) bond motifs is 1. The second-order valence-electron chi connectivity index (χ2n) is 6.93. The zero-order valence-corrected chi connectivity index (χ0v) is 15.5. The van der Waals surface area contributed by atoms with Crippen LogP contribution >= 0.6 is 11.8 Å². The van der Waals surface area contributed by atoms with E-state index in [0.717, 1.165) is 23.3 Å². The van der Waals surface area contributed by atoms with E-state index in [1.807, 2.05) is 24.3 Å². The van der Waals surface area contributed by atoms with Crippen LogP contribution < -0.4 is 0 Å². The van der Waals surface area contributed by atoms with Crippen molar-refractivity contribution >= 4 is 11.8 Å². The molecule has 0 saturated heterocycles. The van der Waals surface area contributed by atoms with E-state index in [2.05, 4.69) is 30.3 Å². The fourth-order valence-corrected chi connectivity index (χ4v) is 4.55. The third kappa shape index (κ3) is 4.22. The Hall–Kier alpha value is -2.20. The van der Waals surface area contributed by atoms with E-state index in [-0.39, 0.29) is 5.92 Å². The highest BCUT2D eigenvalue weighted by atomic mass is 32.2. The van der Waals surface area contributed by atoms with Crippen LogP contribution in [0.15, 0.2) is 77.7 Å². The summed E-state index contributed by atoms with van der Waals surface area (Å²) in [4.78, 5) is 1.20. The second kappa shape index (κ2) is 7.43. The van der Waals surface area contributed by atoms with E-state index >= 15 is 0 Å². The van der Waals surface area contributed by atoms with Crippen LogP contribution in [0.5, 0.6) is 0 Å². The van der Waals surface area contributed by atoms with E-state index in [4.69, 9.17) is 0 Å². The Morgan fingerprint density at radius 3 is 2.37 bits per heavy atom. The first-order chi connectivity index (χ1) is 13.0. The molecule has 0 fully saturated rings. The maximum atomic E-state index is 13.0. The van der Waals surface area contributed by atoms with Crippen molar-refractivity contribution in [3.63, 3.8) is 0 Å². The van der Waals surface area contributed by atoms with Crippen LogP contribution in [0, 0.1) is 0 Å². The lowest BCUT2D eigenvalue weighted by Crippen LogP contribution is -2.05. The summed E-state index contributed by atoms with van der Waals surface area (Å²) in [5.41, 5.74) is 3.81. The third-order valence-electron chi connectivity index (χ3n) is 5.04. The lowest BCUT2D eigenvalue weighted by molar-refractivity contribution is -0.137. The van der Waals surface area contributed by atoms with Gasteiger partial charge in [0.05, 0.1) is 5.56 Å². The number of hydrogen-bond donors (Lipinski definition) is 0. The van der Waals surface area contributed by atoms with Gasteiger partial charge in [-0.25, -0.2) is 0 Å². The predicted molar refractivity (Wildman–Crippen MR) is 104 cm³/mol. The molecule has 0 N–H and O–H groups in total. The highest BCUT2D eigenvalue weighted by molar-refractivity contribution is 7.98. The number of rotatable bonds is 4. The standard InChI is InChI=1S/C23H19F3S/c24-23(25,26)21-10-9-18-11-19(12-20(18)13-21)17-7-4-8-22(14-17)27-15-16-5-2-1-3-6-16/h1-10,13-14,19H,11-12,15H2. The molecule has 3 aromatic rings. The predicted octanol–water partition coefficient (Wildman–Crippen LogP) is 6.88. The number of benzene rings is 3. The zero-order chi connectivity index (χ0) is 18.9. The van der Waals surface area contributed by atoms with Crippen LogP contribution in [-0.4, -0.2) is 0 Å². The van der Waals surface area contributed by atoms with Crippen molar-refractivity contribution in [3.8, 4) is 0 Å². The summed E-state index contributed by atoms with van der Waals surface area (Å²) in [5, 5.41) is 0. The summed E-state index contributed by atoms with van der Waals surface area (Å²) in [6, 6.07) is 22.9. The number of alkyl halides is 3. The van der Waals surface area contributed by atoms with Gasteiger partial charge >= 0.3 is 6.18 Å². The van der Waals surface area contributed by atoms with Crippen LogP contribution in [0.1, 0.15) is 33.7 Å². The Morgan fingerprint density at radius 2 is 1.59 bits per heavy atom. The highest BCUT2D eigenvalue weighted by Gasteiger charge is 2.32. The Kier molecular flexibility index (Phi) is 5.00. The molecule has 0 aromatic heterocycles. The molecule has 0 radical (unpaired) electrons. The number of thioether (sulfide) groups is 1. The maximum Gasteiger partial charge on any atom is 0.416 e. The highest BCUT2D eigenvalue weighted by Crippen LogP contribution is 2.38. The van der Waals surface area contributed by atoms with Gasteiger partial charge in [-0.15, -0.1) is 11.8 Å². The molecular weight excluding hydrogens is 365 g/mol. The lowest BCUT2D eigenvalue weighted by Gasteiger charge is -2.11. The van der Waals surface area contributed by atoms with Gasteiger partial charge in [0.25, 0.3) is 0 Å². The molecule has 0 saturated carbocycles. The molecule has 4 heteroatoms. The Morgan fingerprint density at radius 1 is 0.815 bits per heavy atom. The molecule has 0 bridgehead atoms. The van der Waals surface area contributed by atoms with Gasteiger partial charge in [-0.1, -0.05) is 48.5 Å². The van der Waals surface area contributed by atoms with Gasteiger partial charge in [0.1, 0.15) is 0 Å². The topological polar surface area (TPSA) is 0 Å². The summed E-state index contributed by atoms with van der Waals surface area (Å²) >= 11 is 1.79. The summed E-state index contributed by atoms with van der Waals surface area (Å²) in [5.74, 6) is 1.16. The summed E-state index contributed by atoms with van der Waals surface area (Å²) in [6.07, 6.45) is -2.80. The quantitative estimate of drug-likeness (QED) is 0.442. The molecule has 138 valence electrons. The molecule has 1 unspecified atom stereocenters. The van der Waals surface area contributed by atoms with E-state index in [9.17, 15) is 13.2 Å². The molecule has 0 amide bonds. The molecule has 3 aromatic carbocycles. The van der Waals surface area contributed by atoms with E-state index in [0.29, 0.717) is 6.42 Å². The van der Waals surface area contributed by atoms with Crippen LogP contribution in [-0.2, 0) is 24.8 Å². The Labute approximate surface area is 161 Å². The SMILES string of the molecule is FC(F)(F)c1ccc2c(c1)CC(c1cccc(SCc3ccccc3)c1)C2. The Balaban J connectivity index is 1.48. The average molecular weight is 384 g/mol. The van der Waals surface area contributed by atoms with Gasteiger partial charge in [0.15, 0.2) is 0 Å². The van der Waals surface area contributed by atoms with Gasteiger partial charge < -0.3 is 0 Å². The second-order valence-corrected chi connectivity index (χ2v) is 7.98. The molecule has 0 spiro atoms. The summed E-state index contributed by atoms with van der Waals surface area (Å²) in [6.45, 7) is 0. The van der Waals surface area contributed by atoms with Crippen molar-refractivity contribution in [1.29, 1.82) is 0 Å². The van der Waals surface area contributed by atoms with Crippen molar-refractivity contribution in [1.82, 2.24) is 0 Å². The van der Waals surface area contributed by atoms with Gasteiger partial charge in [-0.2, -0.15) is 13.2 Å². The van der Waals surface area contributed by atoms with E-state index in [1.165, 1.54) is 28.2 Å². The van der Waals surface area contributed by atoms with Crippen molar-refractivity contribution in [3.05, 3.63) is 101 Å². The third-order valence-corrected chi connectivity index (χ3v) is 6.11. The minimum atomic E-state index is -4.28. The van der Waals surface area contributed by atoms with Gasteiger partial charge in [0, 0.05) is 10.6 Å². The normalized spacial score (nSPS) is 16.3. The first-order valence-electron chi connectivity index (χ1n) is 8.95. The van der Waals surface area contributed by atoms with Gasteiger partial charge in [-0.05, 0) is 65.3 Å². The Bertz CT molecular complexity index is 932. The van der Waals surface area contributed by atoms with Crippen LogP contribution in [0.3, 0.4) is 0 Å². The molecule has 27 heavy (non-hydrogen) atoms. The number of hydrogen-bond acceptors (Lipinski definition) is 1. The smallest absolute Gasteiger partial charge is 0.166 e. The first-order valence-corrected chi connectivity index (χ1v) is 9.93. The lowest BCUT2D eigenvalue weighted by atomic mass is 9.96. The average Bonchev–Trinajstić information content (AvgIpc) is 3.10. The van der Waals surface area contributed by atoms with Gasteiger partial charge in [-0.3, -0.25) is 0 Å². The van der Waals surface area contributed by atoms with Crippen molar-refractivity contribution in [2.45, 2.75) is 35.6 Å². The molecule has 0 nitrogen and oxygen atoms in total. The molecular formula is C23H19F3S. The minimum Gasteiger partial charge on any atom is -0.166 e. The largest absolute Gasteiger partial charge is 0.416 e. The molecule has 0 aliphatic heterocycles. The first kappa shape index (κ1) is 18.2. The molecule has 1 aliphatic rings. The minimum absolute atomic E-state index is 0.251. The van der Waals surface area contributed by atoms with Crippen LogP contribution in [0.2, 0.25) is 0 Å². The zero-order valence-electron chi connectivity index (χ0n) is 14.7.